The van der Waals surface area contributed by atoms with E-state index < -0.39 is 5.60 Å². The smallest absolute Gasteiger partial charge is 0.410 e. The van der Waals surface area contributed by atoms with Crippen LogP contribution < -0.4 is 0 Å². The third-order valence-electron chi connectivity index (χ3n) is 3.97. The van der Waals surface area contributed by atoms with Crippen LogP contribution in [0.3, 0.4) is 0 Å². The van der Waals surface area contributed by atoms with Crippen molar-refractivity contribution < 1.29 is 13.9 Å². The summed E-state index contributed by atoms with van der Waals surface area (Å²) < 4.78 is 12.7. The molecular formula is C18H22INO3. The highest BCUT2D eigenvalue weighted by Crippen LogP contribution is 2.41. The number of benzene rings is 1. The highest BCUT2D eigenvalue weighted by Gasteiger charge is 2.39. The Bertz CT molecular complexity index is 770. The first kappa shape index (κ1) is 16.6. The molecule has 0 spiro atoms. The van der Waals surface area contributed by atoms with Gasteiger partial charge in [-0.1, -0.05) is 13.8 Å². The number of fused-ring (bicyclic) bond motifs is 3. The SMILES string of the molecule is CC(C)(C)OC(=O)N1Cc2oc3cc(I)ccc3c2C(C)(C)C1. The van der Waals surface area contributed by atoms with Crippen LogP contribution in [0.1, 0.15) is 45.9 Å². The summed E-state index contributed by atoms with van der Waals surface area (Å²) in [4.78, 5) is 14.2. The second-order valence-electron chi connectivity index (χ2n) is 7.76. The summed E-state index contributed by atoms with van der Waals surface area (Å²) in [5.41, 5.74) is 1.43. The number of amides is 1. The van der Waals surface area contributed by atoms with Gasteiger partial charge < -0.3 is 9.15 Å². The molecule has 0 aliphatic carbocycles. The number of rotatable bonds is 0. The third-order valence-corrected chi connectivity index (χ3v) is 4.65. The van der Waals surface area contributed by atoms with Gasteiger partial charge >= 0.3 is 6.09 Å². The molecule has 1 aliphatic rings. The lowest BCUT2D eigenvalue weighted by Gasteiger charge is -2.38. The zero-order valence-electron chi connectivity index (χ0n) is 14.2. The normalized spacial score (nSPS) is 17.2. The molecule has 0 unspecified atom stereocenters. The van der Waals surface area contributed by atoms with Crippen molar-refractivity contribution in [1.82, 2.24) is 4.90 Å². The Morgan fingerprint density at radius 3 is 2.70 bits per heavy atom. The molecule has 1 aromatic carbocycles. The quantitative estimate of drug-likeness (QED) is 0.552. The van der Waals surface area contributed by atoms with Crippen molar-refractivity contribution in [2.24, 2.45) is 0 Å². The van der Waals surface area contributed by atoms with Gasteiger partial charge in [-0.05, 0) is 61.6 Å². The first-order valence-corrected chi connectivity index (χ1v) is 8.84. The van der Waals surface area contributed by atoms with E-state index in [2.05, 4.69) is 48.6 Å². The molecule has 23 heavy (non-hydrogen) atoms. The van der Waals surface area contributed by atoms with E-state index in [1.807, 2.05) is 26.8 Å². The van der Waals surface area contributed by atoms with Gasteiger partial charge in [-0.2, -0.15) is 0 Å². The molecule has 5 heteroatoms. The van der Waals surface area contributed by atoms with Crippen LogP contribution in [0.2, 0.25) is 0 Å². The molecule has 4 nitrogen and oxygen atoms in total. The topological polar surface area (TPSA) is 42.7 Å². The van der Waals surface area contributed by atoms with Gasteiger partial charge in [0, 0.05) is 26.5 Å². The molecule has 0 saturated heterocycles. The van der Waals surface area contributed by atoms with E-state index in [0.717, 1.165) is 20.3 Å². The average molecular weight is 427 g/mol. The minimum atomic E-state index is -0.495. The Hall–Kier alpha value is -1.24. The van der Waals surface area contributed by atoms with E-state index in [0.29, 0.717) is 13.1 Å². The lowest BCUT2D eigenvalue weighted by Crippen LogP contribution is -2.46. The predicted octanol–water partition coefficient (Wildman–Crippen LogP) is 5.07. The zero-order chi connectivity index (χ0) is 17.0. The van der Waals surface area contributed by atoms with Crippen LogP contribution in [-0.4, -0.2) is 23.1 Å². The Kier molecular flexibility index (Phi) is 3.90. The molecule has 0 fully saturated rings. The molecular weight excluding hydrogens is 405 g/mol. The number of nitrogens with zero attached hydrogens (tertiary/aromatic N) is 1. The maximum atomic E-state index is 12.4. The summed E-state index contributed by atoms with van der Waals surface area (Å²) >= 11 is 2.28. The van der Waals surface area contributed by atoms with Crippen molar-refractivity contribution in [3.63, 3.8) is 0 Å². The van der Waals surface area contributed by atoms with Crippen molar-refractivity contribution in [3.05, 3.63) is 33.1 Å². The minimum absolute atomic E-state index is 0.178. The van der Waals surface area contributed by atoms with E-state index >= 15 is 0 Å². The molecule has 3 rings (SSSR count). The maximum Gasteiger partial charge on any atom is 0.410 e. The second-order valence-corrected chi connectivity index (χ2v) is 9.01. The van der Waals surface area contributed by atoms with E-state index in [1.165, 1.54) is 5.56 Å². The van der Waals surface area contributed by atoms with Crippen LogP contribution >= 0.6 is 22.6 Å². The number of carbonyl (C=O) groups excluding carboxylic acids is 1. The average Bonchev–Trinajstić information content (AvgIpc) is 2.73. The van der Waals surface area contributed by atoms with Gasteiger partial charge in [-0.25, -0.2) is 4.79 Å². The minimum Gasteiger partial charge on any atom is -0.459 e. The molecule has 2 heterocycles. The lowest BCUT2D eigenvalue weighted by molar-refractivity contribution is 0.0157. The highest BCUT2D eigenvalue weighted by molar-refractivity contribution is 14.1. The van der Waals surface area contributed by atoms with Crippen molar-refractivity contribution in [2.45, 2.75) is 52.2 Å². The Labute approximate surface area is 150 Å². The Morgan fingerprint density at radius 2 is 2.04 bits per heavy atom. The summed E-state index contributed by atoms with van der Waals surface area (Å²) in [6, 6.07) is 6.25. The molecule has 124 valence electrons. The summed E-state index contributed by atoms with van der Waals surface area (Å²) in [5, 5.41) is 1.15. The molecule has 0 radical (unpaired) electrons. The summed E-state index contributed by atoms with van der Waals surface area (Å²) in [7, 11) is 0. The summed E-state index contributed by atoms with van der Waals surface area (Å²) in [6.45, 7) is 11.0. The van der Waals surface area contributed by atoms with Crippen molar-refractivity contribution >= 4 is 39.7 Å². The largest absolute Gasteiger partial charge is 0.459 e. The van der Waals surface area contributed by atoms with Crippen molar-refractivity contribution in [1.29, 1.82) is 0 Å². The molecule has 0 N–H and O–H groups in total. The number of furan rings is 1. The van der Waals surface area contributed by atoms with Gasteiger partial charge in [0.2, 0.25) is 0 Å². The highest BCUT2D eigenvalue weighted by atomic mass is 127. The van der Waals surface area contributed by atoms with Gasteiger partial charge in [0.1, 0.15) is 16.9 Å². The van der Waals surface area contributed by atoms with Gasteiger partial charge in [-0.3, -0.25) is 4.90 Å². The van der Waals surface area contributed by atoms with Crippen molar-refractivity contribution in [2.75, 3.05) is 6.54 Å². The van der Waals surface area contributed by atoms with Gasteiger partial charge in [0.25, 0.3) is 0 Å². The van der Waals surface area contributed by atoms with Crippen molar-refractivity contribution in [3.8, 4) is 0 Å². The third kappa shape index (κ3) is 3.20. The Morgan fingerprint density at radius 1 is 1.35 bits per heavy atom. The molecule has 1 aliphatic heterocycles. The van der Waals surface area contributed by atoms with Gasteiger partial charge in [-0.15, -0.1) is 0 Å². The number of hydrogen-bond donors (Lipinski definition) is 0. The van der Waals surface area contributed by atoms with E-state index in [9.17, 15) is 4.79 Å². The zero-order valence-corrected chi connectivity index (χ0v) is 16.4. The Balaban J connectivity index is 2.00. The maximum absolute atomic E-state index is 12.4. The molecule has 0 bridgehead atoms. The second kappa shape index (κ2) is 5.40. The van der Waals surface area contributed by atoms with Crippen LogP contribution in [0.5, 0.6) is 0 Å². The summed E-state index contributed by atoms with van der Waals surface area (Å²) in [5.74, 6) is 0.865. The van der Waals surface area contributed by atoms with E-state index in [-0.39, 0.29) is 11.5 Å². The first-order chi connectivity index (χ1) is 10.6. The molecule has 1 amide bonds. The van der Waals surface area contributed by atoms with Crippen LogP contribution in [0.4, 0.5) is 4.79 Å². The van der Waals surface area contributed by atoms with Crippen LogP contribution in [0, 0.1) is 3.57 Å². The van der Waals surface area contributed by atoms with Crippen LogP contribution in [0.15, 0.2) is 22.6 Å². The number of hydrogen-bond acceptors (Lipinski definition) is 3. The molecule has 0 atom stereocenters. The fraction of sp³-hybridized carbons (Fsp3) is 0.500. The number of carbonyl (C=O) groups is 1. The monoisotopic (exact) mass is 427 g/mol. The number of halogens is 1. The van der Waals surface area contributed by atoms with Gasteiger partial charge in [0.15, 0.2) is 0 Å². The predicted molar refractivity (Wildman–Crippen MR) is 98.6 cm³/mol. The van der Waals surface area contributed by atoms with E-state index in [1.54, 1.807) is 4.90 Å². The number of ether oxygens (including phenoxy) is 1. The fourth-order valence-corrected chi connectivity index (χ4v) is 3.68. The van der Waals surface area contributed by atoms with Crippen LogP contribution in [-0.2, 0) is 16.7 Å². The fourth-order valence-electron chi connectivity index (χ4n) is 3.22. The molecule has 2 aromatic rings. The summed E-state index contributed by atoms with van der Waals surface area (Å²) in [6.07, 6.45) is -0.286. The van der Waals surface area contributed by atoms with Gasteiger partial charge in [0.05, 0.1) is 6.54 Å². The molecule has 0 saturated carbocycles. The standard InChI is InChI=1S/C18H22INO3/c1-17(2,3)23-16(21)20-9-14-15(18(4,5)10-20)12-7-6-11(19)8-13(12)22-14/h6-8H,9-10H2,1-5H3. The van der Waals surface area contributed by atoms with E-state index in [4.69, 9.17) is 9.15 Å². The first-order valence-electron chi connectivity index (χ1n) is 7.76. The lowest BCUT2D eigenvalue weighted by atomic mass is 9.80. The van der Waals surface area contributed by atoms with Crippen LogP contribution in [0.25, 0.3) is 11.0 Å². The molecule has 1 aromatic heterocycles.